The quantitative estimate of drug-likeness (QED) is 0.318. The Morgan fingerprint density at radius 3 is 2.88 bits per heavy atom. The molecule has 24 heavy (non-hydrogen) atoms. The van der Waals surface area contributed by atoms with E-state index < -0.39 is 5.82 Å². The van der Waals surface area contributed by atoms with Gasteiger partial charge in [-0.25, -0.2) is 4.39 Å². The fourth-order valence-electron chi connectivity index (χ4n) is 2.03. The van der Waals surface area contributed by atoms with Gasteiger partial charge in [0.15, 0.2) is 0 Å². The first-order chi connectivity index (χ1) is 11.5. The van der Waals surface area contributed by atoms with Gasteiger partial charge in [0.2, 0.25) is 0 Å². The van der Waals surface area contributed by atoms with Gasteiger partial charge in [-0.2, -0.15) is 0 Å². The number of thioether (sulfide) groups is 1. The number of unbranched alkanes of at least 4 members (excludes halogenated alkanes) is 1. The fourth-order valence-corrected chi connectivity index (χ4v) is 3.33. The first-order valence-corrected chi connectivity index (χ1v) is 8.91. The third-order valence-electron chi connectivity index (χ3n) is 3.37. The van der Waals surface area contributed by atoms with Crippen molar-refractivity contribution in [1.29, 1.82) is 0 Å². The molecule has 1 aliphatic heterocycles. The number of hydrogen-bond donors (Lipinski definition) is 0. The van der Waals surface area contributed by atoms with Gasteiger partial charge in [-0.3, -0.25) is 14.5 Å². The van der Waals surface area contributed by atoms with Crippen LogP contribution in [0.2, 0.25) is 0 Å². The SMILES string of the molecule is CCCCOC(=O)CCN1C(=O)/C(=C/c2ccccc2F)SC1=S. The van der Waals surface area contributed by atoms with E-state index >= 15 is 0 Å². The summed E-state index contributed by atoms with van der Waals surface area (Å²) in [7, 11) is 0. The second kappa shape index (κ2) is 8.94. The van der Waals surface area contributed by atoms with Gasteiger partial charge >= 0.3 is 5.97 Å². The highest BCUT2D eigenvalue weighted by Gasteiger charge is 2.32. The third kappa shape index (κ3) is 4.88. The smallest absolute Gasteiger partial charge is 0.307 e. The number of carbonyl (C=O) groups excluding carboxylic acids is 2. The maximum absolute atomic E-state index is 13.7. The highest BCUT2D eigenvalue weighted by atomic mass is 32.2. The molecule has 1 saturated heterocycles. The lowest BCUT2D eigenvalue weighted by Crippen LogP contribution is -2.30. The second-order valence-corrected chi connectivity index (χ2v) is 6.85. The molecule has 0 atom stereocenters. The van der Waals surface area contributed by atoms with Gasteiger partial charge in [-0.05, 0) is 18.6 Å². The van der Waals surface area contributed by atoms with Gasteiger partial charge in [0, 0.05) is 12.1 Å². The van der Waals surface area contributed by atoms with Crippen LogP contribution >= 0.6 is 24.0 Å². The van der Waals surface area contributed by atoms with Crippen LogP contribution in [-0.4, -0.2) is 34.2 Å². The van der Waals surface area contributed by atoms with E-state index in [0.717, 1.165) is 24.6 Å². The molecule has 2 rings (SSSR count). The van der Waals surface area contributed by atoms with Crippen LogP contribution in [0.15, 0.2) is 29.2 Å². The second-order valence-electron chi connectivity index (χ2n) is 5.18. The summed E-state index contributed by atoms with van der Waals surface area (Å²) in [5, 5.41) is 0. The number of halogens is 1. The third-order valence-corrected chi connectivity index (χ3v) is 4.74. The predicted molar refractivity (Wildman–Crippen MR) is 96.8 cm³/mol. The Kier molecular flexibility index (Phi) is 6.93. The summed E-state index contributed by atoms with van der Waals surface area (Å²) in [5.41, 5.74) is 0.331. The lowest BCUT2D eigenvalue weighted by atomic mass is 10.2. The summed E-state index contributed by atoms with van der Waals surface area (Å²) in [6.45, 7) is 2.57. The number of thiocarbonyl (C=S) groups is 1. The van der Waals surface area contributed by atoms with Crippen LogP contribution in [-0.2, 0) is 14.3 Å². The number of esters is 1. The minimum Gasteiger partial charge on any atom is -0.466 e. The maximum atomic E-state index is 13.7. The largest absolute Gasteiger partial charge is 0.466 e. The highest BCUT2D eigenvalue weighted by molar-refractivity contribution is 8.26. The van der Waals surface area contributed by atoms with E-state index in [0.29, 0.717) is 21.4 Å². The summed E-state index contributed by atoms with van der Waals surface area (Å²) in [6.07, 6.45) is 3.33. The lowest BCUT2D eigenvalue weighted by Gasteiger charge is -2.13. The first-order valence-electron chi connectivity index (χ1n) is 7.68. The predicted octanol–water partition coefficient (Wildman–Crippen LogP) is 3.76. The fraction of sp³-hybridized carbons (Fsp3) is 0.353. The number of nitrogens with zero attached hydrogens (tertiary/aromatic N) is 1. The average molecular weight is 367 g/mol. The zero-order valence-electron chi connectivity index (χ0n) is 13.3. The van der Waals surface area contributed by atoms with Gasteiger partial charge in [0.05, 0.1) is 17.9 Å². The van der Waals surface area contributed by atoms with Crippen LogP contribution in [0.25, 0.3) is 6.08 Å². The summed E-state index contributed by atoms with van der Waals surface area (Å²) < 4.78 is 19.1. The van der Waals surface area contributed by atoms with Crippen molar-refractivity contribution in [2.24, 2.45) is 0 Å². The van der Waals surface area contributed by atoms with Crippen LogP contribution in [0.1, 0.15) is 31.7 Å². The molecule has 0 unspecified atom stereocenters. The van der Waals surface area contributed by atoms with Crippen LogP contribution in [0.3, 0.4) is 0 Å². The zero-order chi connectivity index (χ0) is 17.5. The molecular weight excluding hydrogens is 349 g/mol. The molecule has 1 heterocycles. The van der Waals surface area contributed by atoms with E-state index in [4.69, 9.17) is 17.0 Å². The molecule has 1 aliphatic rings. The average Bonchev–Trinajstić information content (AvgIpc) is 2.82. The van der Waals surface area contributed by atoms with Crippen molar-refractivity contribution in [2.45, 2.75) is 26.2 Å². The monoisotopic (exact) mass is 367 g/mol. The van der Waals surface area contributed by atoms with Crippen LogP contribution in [0.5, 0.6) is 0 Å². The summed E-state index contributed by atoms with van der Waals surface area (Å²) >= 11 is 6.29. The van der Waals surface area contributed by atoms with Crippen molar-refractivity contribution in [1.82, 2.24) is 4.90 Å². The van der Waals surface area contributed by atoms with Crippen LogP contribution < -0.4 is 0 Å². The van der Waals surface area contributed by atoms with Crippen molar-refractivity contribution < 1.29 is 18.7 Å². The van der Waals surface area contributed by atoms with Gasteiger partial charge in [-0.15, -0.1) is 0 Å². The Balaban J connectivity index is 1.97. The molecule has 128 valence electrons. The van der Waals surface area contributed by atoms with Crippen LogP contribution in [0, 0.1) is 5.82 Å². The number of ether oxygens (including phenoxy) is 1. The van der Waals surface area contributed by atoms with E-state index in [2.05, 4.69) is 0 Å². The van der Waals surface area contributed by atoms with Crippen molar-refractivity contribution in [3.8, 4) is 0 Å². The van der Waals surface area contributed by atoms with E-state index in [1.165, 1.54) is 17.0 Å². The number of hydrogen-bond acceptors (Lipinski definition) is 5. The zero-order valence-corrected chi connectivity index (χ0v) is 14.9. The highest BCUT2D eigenvalue weighted by Crippen LogP contribution is 2.32. The van der Waals surface area contributed by atoms with E-state index in [9.17, 15) is 14.0 Å². The minimum absolute atomic E-state index is 0.0864. The molecule has 0 N–H and O–H groups in total. The Morgan fingerprint density at radius 1 is 1.42 bits per heavy atom. The van der Waals surface area contributed by atoms with E-state index in [1.54, 1.807) is 18.2 Å². The van der Waals surface area contributed by atoms with Crippen molar-refractivity contribution in [3.63, 3.8) is 0 Å². The maximum Gasteiger partial charge on any atom is 0.307 e. The van der Waals surface area contributed by atoms with Crippen LogP contribution in [0.4, 0.5) is 4.39 Å². The number of rotatable bonds is 7. The van der Waals surface area contributed by atoms with Crippen molar-refractivity contribution >= 4 is 46.3 Å². The molecule has 4 nitrogen and oxygen atoms in total. The summed E-state index contributed by atoms with van der Waals surface area (Å²) in [6, 6.07) is 6.20. The molecule has 1 aromatic carbocycles. The Morgan fingerprint density at radius 2 is 2.17 bits per heavy atom. The molecule has 0 radical (unpaired) electrons. The Hall–Kier alpha value is -1.73. The van der Waals surface area contributed by atoms with Gasteiger partial charge in [0.1, 0.15) is 10.1 Å². The number of carbonyl (C=O) groups is 2. The lowest BCUT2D eigenvalue weighted by molar-refractivity contribution is -0.144. The molecule has 0 bridgehead atoms. The van der Waals surface area contributed by atoms with Crippen molar-refractivity contribution in [3.05, 3.63) is 40.6 Å². The molecule has 0 aliphatic carbocycles. The molecular formula is C17H18FNO3S2. The topological polar surface area (TPSA) is 46.6 Å². The van der Waals surface area contributed by atoms with Crippen molar-refractivity contribution in [2.75, 3.05) is 13.2 Å². The standard InChI is InChI=1S/C17H18FNO3S2/c1-2-3-10-22-15(20)8-9-19-16(21)14(24-17(19)23)11-12-6-4-5-7-13(12)18/h4-7,11H,2-3,8-10H2,1H3/b14-11-. The molecule has 1 aromatic rings. The molecule has 7 heteroatoms. The molecule has 1 fully saturated rings. The summed E-state index contributed by atoms with van der Waals surface area (Å²) in [5.74, 6) is -1.06. The minimum atomic E-state index is -0.401. The normalized spacial score (nSPS) is 16.1. The number of benzene rings is 1. The van der Waals surface area contributed by atoms with E-state index in [-0.39, 0.29) is 24.8 Å². The Bertz CT molecular complexity index is 676. The molecule has 0 saturated carbocycles. The van der Waals surface area contributed by atoms with Gasteiger partial charge < -0.3 is 4.74 Å². The van der Waals surface area contributed by atoms with Gasteiger partial charge in [-0.1, -0.05) is 55.5 Å². The number of amides is 1. The summed E-state index contributed by atoms with van der Waals surface area (Å²) in [4.78, 5) is 25.7. The molecule has 0 spiro atoms. The van der Waals surface area contributed by atoms with Gasteiger partial charge in [0.25, 0.3) is 5.91 Å². The molecule has 0 aromatic heterocycles. The Labute approximate surface area is 150 Å². The molecule has 1 amide bonds. The first kappa shape index (κ1) is 18.6. The van der Waals surface area contributed by atoms with E-state index in [1.807, 2.05) is 6.92 Å².